The van der Waals surface area contributed by atoms with Crippen LogP contribution in [0, 0.1) is 0 Å². The van der Waals surface area contributed by atoms with E-state index in [0.717, 1.165) is 0 Å². The van der Waals surface area contributed by atoms with Gasteiger partial charge in [-0.15, -0.1) is 0 Å². The van der Waals surface area contributed by atoms with Crippen molar-refractivity contribution in [3.05, 3.63) is 0 Å². The SMILES string of the molecule is C[N+](C)(C)CC(=O)[O-].O=C([O-])[C@H](O)[C@@H](O)[C@H](O)[C@H](O)CO. The van der Waals surface area contributed by atoms with Crippen molar-refractivity contribution in [3.8, 4) is 0 Å². The number of quaternary nitrogens is 1. The third-order valence-electron chi connectivity index (χ3n) is 2.10. The van der Waals surface area contributed by atoms with Gasteiger partial charge in [-0.25, -0.2) is 0 Å². The maximum Gasteiger partial charge on any atom is 0.122 e. The summed E-state index contributed by atoms with van der Waals surface area (Å²) in [5, 5.41) is 63.3. The molecule has 5 N–H and O–H groups in total. The highest BCUT2D eigenvalue weighted by molar-refractivity contribution is 5.70. The van der Waals surface area contributed by atoms with Crippen molar-refractivity contribution in [1.82, 2.24) is 0 Å². The number of aliphatic hydroxyl groups excluding tert-OH is 5. The third-order valence-corrected chi connectivity index (χ3v) is 2.10. The van der Waals surface area contributed by atoms with Gasteiger partial charge in [0.05, 0.1) is 39.7 Å². The number of nitrogens with zero attached hydrogens (tertiary/aromatic N) is 1. The molecule has 0 aliphatic rings. The van der Waals surface area contributed by atoms with Gasteiger partial charge in [-0.2, -0.15) is 0 Å². The maximum atomic E-state index is 9.98. The quantitative estimate of drug-likeness (QED) is 0.285. The van der Waals surface area contributed by atoms with Crippen LogP contribution in [0.1, 0.15) is 0 Å². The summed E-state index contributed by atoms with van der Waals surface area (Å²) in [5.74, 6) is -2.98. The lowest BCUT2D eigenvalue weighted by Crippen LogP contribution is -2.52. The molecule has 0 rings (SSSR count). The summed E-state index contributed by atoms with van der Waals surface area (Å²) in [5.41, 5.74) is 0. The van der Waals surface area contributed by atoms with Crippen molar-refractivity contribution in [1.29, 1.82) is 0 Å². The monoisotopic (exact) mass is 312 g/mol. The summed E-state index contributed by atoms with van der Waals surface area (Å²) in [6, 6.07) is 0. The molecule has 0 aromatic rings. The Labute approximate surface area is 121 Å². The molecule has 0 heterocycles. The number of carboxylic acids is 2. The molecule has 0 unspecified atom stereocenters. The smallest absolute Gasteiger partial charge is 0.122 e. The molecule has 0 bridgehead atoms. The molecule has 0 radical (unpaired) electrons. The Hall–Kier alpha value is -1.30. The summed E-state index contributed by atoms with van der Waals surface area (Å²) in [6.45, 7) is -0.794. The van der Waals surface area contributed by atoms with Gasteiger partial charge >= 0.3 is 0 Å². The largest absolute Gasteiger partial charge is 0.547 e. The second-order valence-corrected chi connectivity index (χ2v) is 5.32. The number of likely N-dealkylation sites (N-methyl/N-ethyl adjacent to an activating group) is 1. The zero-order valence-electron chi connectivity index (χ0n) is 12.0. The molecule has 0 aromatic carbocycles. The molecular formula is C11H22NO9-. The van der Waals surface area contributed by atoms with E-state index in [4.69, 9.17) is 25.5 Å². The molecule has 0 spiro atoms. The van der Waals surface area contributed by atoms with E-state index >= 15 is 0 Å². The zero-order chi connectivity index (χ0) is 17.4. The number of aliphatic hydroxyl groups is 5. The minimum Gasteiger partial charge on any atom is -0.547 e. The van der Waals surface area contributed by atoms with Crippen LogP contribution >= 0.6 is 0 Å². The standard InChI is InChI=1S/C6H12O7.C5H11NO2/c7-1-2(8)3(9)4(10)5(11)6(12)13;1-6(2,3)4-5(7)8/h2-5,7-11H,1H2,(H,12,13);4H2,1-3H3/p-1/t2-,3-,4+,5-;/m1./s1. The molecule has 126 valence electrons. The molecular weight excluding hydrogens is 290 g/mol. The highest BCUT2D eigenvalue weighted by Crippen LogP contribution is 2.04. The fourth-order valence-corrected chi connectivity index (χ4v) is 1.05. The normalized spacial score (nSPS) is 17.0. The number of hydrogen-bond acceptors (Lipinski definition) is 9. The van der Waals surface area contributed by atoms with Crippen LogP contribution in [0.25, 0.3) is 0 Å². The summed E-state index contributed by atoms with van der Waals surface area (Å²) in [6.07, 6.45) is -8.08. The number of aliphatic carboxylic acids is 2. The van der Waals surface area contributed by atoms with Gasteiger partial charge in [0.1, 0.15) is 31.0 Å². The summed E-state index contributed by atoms with van der Waals surface area (Å²) >= 11 is 0. The summed E-state index contributed by atoms with van der Waals surface area (Å²) < 4.78 is 0.419. The van der Waals surface area contributed by atoms with Gasteiger partial charge in [-0.05, 0) is 0 Å². The Morgan fingerprint density at radius 2 is 1.43 bits per heavy atom. The second-order valence-electron chi connectivity index (χ2n) is 5.32. The molecule has 0 aliphatic carbocycles. The van der Waals surface area contributed by atoms with Crippen molar-refractivity contribution in [2.75, 3.05) is 34.3 Å². The van der Waals surface area contributed by atoms with E-state index in [1.165, 1.54) is 0 Å². The van der Waals surface area contributed by atoms with E-state index in [-0.39, 0.29) is 6.54 Å². The highest BCUT2D eigenvalue weighted by atomic mass is 16.4. The van der Waals surface area contributed by atoms with Crippen molar-refractivity contribution in [2.24, 2.45) is 0 Å². The van der Waals surface area contributed by atoms with E-state index in [2.05, 4.69) is 0 Å². The van der Waals surface area contributed by atoms with Gasteiger partial charge in [0.25, 0.3) is 0 Å². The fourth-order valence-electron chi connectivity index (χ4n) is 1.05. The number of rotatable bonds is 7. The van der Waals surface area contributed by atoms with E-state index in [0.29, 0.717) is 4.48 Å². The Morgan fingerprint density at radius 1 is 1.00 bits per heavy atom. The lowest BCUT2D eigenvalue weighted by Gasteiger charge is -2.25. The van der Waals surface area contributed by atoms with Gasteiger partial charge in [0, 0.05) is 0 Å². The molecule has 0 aliphatic heterocycles. The van der Waals surface area contributed by atoms with Crippen molar-refractivity contribution in [3.63, 3.8) is 0 Å². The van der Waals surface area contributed by atoms with Crippen molar-refractivity contribution >= 4 is 11.9 Å². The second kappa shape index (κ2) is 9.60. The van der Waals surface area contributed by atoms with E-state index in [1.807, 2.05) is 0 Å². The Morgan fingerprint density at radius 3 is 1.62 bits per heavy atom. The average Bonchev–Trinajstić information content (AvgIpc) is 2.32. The number of carboxylic acid groups (broad SMARTS) is 2. The topological polar surface area (TPSA) is 181 Å². The highest BCUT2D eigenvalue weighted by Gasteiger charge is 2.30. The van der Waals surface area contributed by atoms with Crippen LogP contribution in [0.2, 0.25) is 0 Å². The van der Waals surface area contributed by atoms with Gasteiger partial charge in [0.2, 0.25) is 0 Å². The fraction of sp³-hybridized carbons (Fsp3) is 0.818. The Balaban J connectivity index is 0. The van der Waals surface area contributed by atoms with E-state index in [9.17, 15) is 19.8 Å². The molecule has 0 fully saturated rings. The lowest BCUT2D eigenvalue weighted by atomic mass is 10.0. The van der Waals surface area contributed by atoms with Crippen molar-refractivity contribution in [2.45, 2.75) is 24.4 Å². The zero-order valence-corrected chi connectivity index (χ0v) is 12.0. The summed E-state index contributed by atoms with van der Waals surface area (Å²) in [7, 11) is 5.40. The van der Waals surface area contributed by atoms with Crippen LogP contribution in [0.5, 0.6) is 0 Å². The number of carbonyl (C=O) groups excluding carboxylic acids is 2. The van der Waals surface area contributed by atoms with E-state index in [1.54, 1.807) is 21.1 Å². The first kappa shape index (κ1) is 22.0. The first-order valence-corrected chi connectivity index (χ1v) is 5.87. The van der Waals surface area contributed by atoms with Gasteiger partial charge in [-0.3, -0.25) is 0 Å². The number of hydrogen-bond donors (Lipinski definition) is 5. The molecule has 0 saturated carbocycles. The number of carbonyl (C=O) groups is 2. The third kappa shape index (κ3) is 11.1. The summed E-state index contributed by atoms with van der Waals surface area (Å²) in [4.78, 5) is 19.9. The molecule has 4 atom stereocenters. The molecule has 0 aromatic heterocycles. The predicted molar refractivity (Wildman–Crippen MR) is 64.0 cm³/mol. The van der Waals surface area contributed by atoms with Crippen molar-refractivity contribution < 1.29 is 49.8 Å². The van der Waals surface area contributed by atoms with Crippen LogP contribution in [-0.2, 0) is 9.59 Å². The van der Waals surface area contributed by atoms with E-state index < -0.39 is 43.0 Å². The van der Waals surface area contributed by atoms with Crippen LogP contribution in [-0.4, -0.2) is 101 Å². The Kier molecular flexibility index (Phi) is 10.1. The van der Waals surface area contributed by atoms with Gasteiger partial charge in [-0.1, -0.05) is 0 Å². The van der Waals surface area contributed by atoms with Crippen LogP contribution in [0.15, 0.2) is 0 Å². The van der Waals surface area contributed by atoms with Gasteiger partial charge in [0.15, 0.2) is 0 Å². The van der Waals surface area contributed by atoms with Crippen LogP contribution in [0.4, 0.5) is 0 Å². The average molecular weight is 312 g/mol. The first-order chi connectivity index (χ1) is 9.33. The minimum atomic E-state index is -2.31. The molecule has 21 heavy (non-hydrogen) atoms. The molecule has 10 heteroatoms. The minimum absolute atomic E-state index is 0.0694. The molecule has 10 nitrogen and oxygen atoms in total. The molecule has 0 saturated heterocycles. The predicted octanol–water partition coefficient (Wildman–Crippen LogP) is -6.39. The maximum absolute atomic E-state index is 9.98. The van der Waals surface area contributed by atoms with Crippen LogP contribution in [0.3, 0.4) is 0 Å². The lowest BCUT2D eigenvalue weighted by molar-refractivity contribution is -0.864. The Bertz CT molecular complexity index is 328. The van der Waals surface area contributed by atoms with Gasteiger partial charge < -0.3 is 49.8 Å². The first-order valence-electron chi connectivity index (χ1n) is 5.87. The molecule has 0 amide bonds. The van der Waals surface area contributed by atoms with Crippen LogP contribution < -0.4 is 10.2 Å².